The van der Waals surface area contributed by atoms with Gasteiger partial charge in [0.1, 0.15) is 11.5 Å². The Kier molecular flexibility index (Phi) is 16.9. The number of likely N-dealkylation sites (N-methyl/N-ethyl adjacent to an activating group) is 2. The van der Waals surface area contributed by atoms with Crippen LogP contribution in [0.25, 0.3) is 0 Å². The number of carbonyl (C=O) groups is 5. The van der Waals surface area contributed by atoms with Gasteiger partial charge in [-0.2, -0.15) is 0 Å². The van der Waals surface area contributed by atoms with Gasteiger partial charge in [0.15, 0.2) is 11.6 Å². The third-order valence-corrected chi connectivity index (χ3v) is 10.9. The first-order valence-corrected chi connectivity index (χ1v) is 18.8. The molecule has 280 valence electrons. The van der Waals surface area contributed by atoms with Crippen molar-refractivity contribution in [3.63, 3.8) is 0 Å². The third-order valence-electron chi connectivity index (χ3n) is 10.9. The summed E-state index contributed by atoms with van der Waals surface area (Å²) in [7, 11) is 3.65. The number of carbonyl (C=O) groups excluding carboxylic acids is 5. The van der Waals surface area contributed by atoms with Gasteiger partial charge in [0.25, 0.3) is 5.91 Å². The Morgan fingerprint density at radius 3 is 2.08 bits per heavy atom. The average molecular weight is 699 g/mol. The number of ether oxygens (including phenoxy) is 2. The number of hydrogen-bond acceptors (Lipinski definition) is 9. The van der Waals surface area contributed by atoms with Gasteiger partial charge in [0.05, 0.1) is 30.3 Å². The van der Waals surface area contributed by atoms with Crippen LogP contribution in [-0.4, -0.2) is 103 Å². The van der Waals surface area contributed by atoms with Crippen molar-refractivity contribution in [3.8, 4) is 5.75 Å². The summed E-state index contributed by atoms with van der Waals surface area (Å²) in [4.78, 5) is 65.4. The number of rotatable bonds is 23. The highest BCUT2D eigenvalue weighted by atomic mass is 16.6. The number of hydrogen-bond donors (Lipinski definition) is 2. The molecule has 0 saturated carbocycles. The molecule has 1 aromatic carbocycles. The normalized spacial score (nSPS) is 20.1. The minimum absolute atomic E-state index is 0.0347. The third kappa shape index (κ3) is 11.6. The second-order valence-electron chi connectivity index (χ2n) is 14.2. The van der Waals surface area contributed by atoms with E-state index >= 15 is 0 Å². The molecule has 1 aromatic rings. The van der Waals surface area contributed by atoms with Crippen molar-refractivity contribution in [1.29, 1.82) is 0 Å². The van der Waals surface area contributed by atoms with Gasteiger partial charge in [0, 0.05) is 25.2 Å². The summed E-state index contributed by atoms with van der Waals surface area (Å²) >= 11 is 0. The number of nitrogens with zero attached hydrogens (tertiary/aromatic N) is 2. The Labute approximate surface area is 299 Å². The predicted molar refractivity (Wildman–Crippen MR) is 195 cm³/mol. The van der Waals surface area contributed by atoms with Crippen LogP contribution in [0.4, 0.5) is 4.79 Å². The standard InChI is InChI=1S/C39H62N4O7/c1-30(44)35-20-17-24-43(35)36(47)33-18-16-19-34(28-33)49-26-14-11-9-13-22-38(40-4,31(2)45)21-12-8-6-7-10-15-27-50-37(48)42-25-23-39(29-42,41-5)32(3)46/h16,18-19,28,35,40-41H,6-15,17,20-27,29H2,1-5H3/t35-,38?,39-/m0/s1. The molecule has 1 unspecified atom stereocenters. The van der Waals surface area contributed by atoms with Crippen LogP contribution in [0.2, 0.25) is 0 Å². The second kappa shape index (κ2) is 20.5. The van der Waals surface area contributed by atoms with Crippen molar-refractivity contribution in [1.82, 2.24) is 20.4 Å². The maximum absolute atomic E-state index is 13.0. The van der Waals surface area contributed by atoms with E-state index in [9.17, 15) is 24.0 Å². The molecule has 0 aliphatic carbocycles. The van der Waals surface area contributed by atoms with Crippen molar-refractivity contribution in [3.05, 3.63) is 29.8 Å². The first-order chi connectivity index (χ1) is 24.0. The van der Waals surface area contributed by atoms with Gasteiger partial charge in [-0.15, -0.1) is 0 Å². The molecule has 3 atom stereocenters. The van der Waals surface area contributed by atoms with Gasteiger partial charge in [-0.3, -0.25) is 19.2 Å². The first kappa shape index (κ1) is 41.1. The molecular formula is C39H62N4O7. The van der Waals surface area contributed by atoms with E-state index in [4.69, 9.17) is 9.47 Å². The summed E-state index contributed by atoms with van der Waals surface area (Å²) < 4.78 is 11.4. The van der Waals surface area contributed by atoms with Crippen LogP contribution in [0.1, 0.15) is 127 Å². The Balaban J connectivity index is 1.25. The van der Waals surface area contributed by atoms with Gasteiger partial charge >= 0.3 is 6.09 Å². The predicted octanol–water partition coefficient (Wildman–Crippen LogP) is 5.88. The quantitative estimate of drug-likeness (QED) is 0.135. The number of nitrogens with one attached hydrogen (secondary N) is 2. The topological polar surface area (TPSA) is 134 Å². The van der Waals surface area contributed by atoms with Crippen molar-refractivity contribution in [2.24, 2.45) is 0 Å². The molecule has 2 fully saturated rings. The summed E-state index contributed by atoms with van der Waals surface area (Å²) in [6, 6.07) is 6.90. The van der Waals surface area contributed by atoms with Gasteiger partial charge in [-0.1, -0.05) is 57.4 Å². The number of unbranched alkanes of at least 4 members (excludes halogenated alkanes) is 8. The molecule has 2 N–H and O–H groups in total. The van der Waals surface area contributed by atoms with Gasteiger partial charge in [0.2, 0.25) is 0 Å². The lowest BCUT2D eigenvalue weighted by Crippen LogP contribution is -2.51. The lowest BCUT2D eigenvalue weighted by molar-refractivity contribution is -0.124. The molecule has 11 nitrogen and oxygen atoms in total. The van der Waals surface area contributed by atoms with Crippen molar-refractivity contribution < 1.29 is 33.4 Å². The molecule has 3 rings (SSSR count). The largest absolute Gasteiger partial charge is 0.494 e. The van der Waals surface area contributed by atoms with E-state index in [-0.39, 0.29) is 35.4 Å². The molecular weight excluding hydrogens is 636 g/mol. The number of benzene rings is 1. The number of amides is 2. The molecule has 2 heterocycles. The number of likely N-dealkylation sites (tertiary alicyclic amines) is 2. The van der Waals surface area contributed by atoms with E-state index in [0.717, 1.165) is 89.9 Å². The zero-order valence-electron chi connectivity index (χ0n) is 31.3. The number of Topliss-reactive ketones (excluding diaryl/α,β-unsaturated/α-hetero) is 3. The van der Waals surface area contributed by atoms with Gasteiger partial charge in [-0.25, -0.2) is 4.79 Å². The minimum atomic E-state index is -0.654. The van der Waals surface area contributed by atoms with E-state index in [0.29, 0.717) is 50.6 Å². The molecule has 50 heavy (non-hydrogen) atoms. The highest BCUT2D eigenvalue weighted by Crippen LogP contribution is 2.26. The summed E-state index contributed by atoms with van der Waals surface area (Å²) in [6.45, 7) is 7.23. The summed E-state index contributed by atoms with van der Waals surface area (Å²) in [5.74, 6) is 0.815. The van der Waals surface area contributed by atoms with Crippen molar-refractivity contribution in [2.45, 2.75) is 134 Å². The van der Waals surface area contributed by atoms with Gasteiger partial charge < -0.3 is 29.9 Å². The van der Waals surface area contributed by atoms with E-state index in [1.54, 1.807) is 49.8 Å². The highest BCUT2D eigenvalue weighted by Gasteiger charge is 2.43. The van der Waals surface area contributed by atoms with Crippen LogP contribution in [0.5, 0.6) is 5.75 Å². The number of ketones is 3. The summed E-state index contributed by atoms with van der Waals surface area (Å²) in [5, 5.41) is 6.43. The molecule has 2 aliphatic heterocycles. The first-order valence-electron chi connectivity index (χ1n) is 18.8. The SMILES string of the molecule is CNC(CCCCCCCCOC(=O)N1CC[C@@](NC)(C(C)=O)C1)(CCCCCCOc1cccc(C(=O)N2CCC[C@H]2C(C)=O)c1)C(C)=O. The van der Waals surface area contributed by atoms with E-state index in [2.05, 4.69) is 10.6 Å². The minimum Gasteiger partial charge on any atom is -0.494 e. The molecule has 0 aromatic heterocycles. The monoisotopic (exact) mass is 698 g/mol. The van der Waals surface area contributed by atoms with Crippen LogP contribution in [-0.2, 0) is 19.1 Å². The summed E-state index contributed by atoms with van der Waals surface area (Å²) in [5.41, 5.74) is -0.593. The molecule has 2 aliphatic rings. The second-order valence-corrected chi connectivity index (χ2v) is 14.2. The van der Waals surface area contributed by atoms with Gasteiger partial charge in [-0.05, 0) is 98.0 Å². The van der Waals surface area contributed by atoms with Crippen molar-refractivity contribution >= 4 is 29.4 Å². The van der Waals surface area contributed by atoms with Crippen LogP contribution in [0.15, 0.2) is 24.3 Å². The maximum atomic E-state index is 13.0. The molecule has 2 amide bonds. The Hall–Kier alpha value is -3.31. The molecule has 0 spiro atoms. The molecule has 2 saturated heterocycles. The van der Waals surface area contributed by atoms with E-state index in [1.807, 2.05) is 19.2 Å². The smallest absolute Gasteiger partial charge is 0.409 e. The fraction of sp³-hybridized carbons (Fsp3) is 0.718. The fourth-order valence-corrected chi connectivity index (χ4v) is 7.41. The van der Waals surface area contributed by atoms with E-state index < -0.39 is 11.1 Å². The summed E-state index contributed by atoms with van der Waals surface area (Å²) in [6.07, 6.45) is 13.3. The van der Waals surface area contributed by atoms with Crippen LogP contribution < -0.4 is 15.4 Å². The highest BCUT2D eigenvalue weighted by molar-refractivity contribution is 5.98. The Morgan fingerprint density at radius 1 is 0.860 bits per heavy atom. The van der Waals surface area contributed by atoms with Crippen LogP contribution in [0.3, 0.4) is 0 Å². The zero-order chi connectivity index (χ0) is 36.6. The fourth-order valence-electron chi connectivity index (χ4n) is 7.41. The Bertz CT molecular complexity index is 1290. The van der Waals surface area contributed by atoms with Crippen molar-refractivity contribution in [2.75, 3.05) is 46.9 Å². The molecule has 0 radical (unpaired) electrons. The maximum Gasteiger partial charge on any atom is 0.409 e. The lowest BCUT2D eigenvalue weighted by atomic mass is 9.83. The molecule has 11 heteroatoms. The lowest BCUT2D eigenvalue weighted by Gasteiger charge is -2.31. The van der Waals surface area contributed by atoms with Crippen LogP contribution in [0, 0.1) is 0 Å². The Morgan fingerprint density at radius 2 is 1.50 bits per heavy atom. The average Bonchev–Trinajstić information content (AvgIpc) is 3.78. The molecule has 0 bridgehead atoms. The zero-order valence-corrected chi connectivity index (χ0v) is 31.3. The van der Waals surface area contributed by atoms with Crippen LogP contribution >= 0.6 is 0 Å². The van der Waals surface area contributed by atoms with E-state index in [1.165, 1.54) is 0 Å².